The van der Waals surface area contributed by atoms with Crippen LogP contribution in [0.4, 0.5) is 11.4 Å². The molecule has 2 aromatic rings. The standard InChI is InChI=1S/C17H20N4O3/c1-11-6-12(2)8-14(7-11)20-17(18)19-10-13-9-15(21(22)23)4-5-16(13)24-3/h4-9H,10H2,1-3H3,(H3,18,19,20). The van der Waals surface area contributed by atoms with Gasteiger partial charge >= 0.3 is 0 Å². The van der Waals surface area contributed by atoms with Crippen LogP contribution in [0.15, 0.2) is 41.4 Å². The van der Waals surface area contributed by atoms with Gasteiger partial charge in [-0.05, 0) is 43.2 Å². The van der Waals surface area contributed by atoms with Crippen molar-refractivity contribution < 1.29 is 9.66 Å². The molecule has 0 aliphatic heterocycles. The molecule has 7 nitrogen and oxygen atoms in total. The SMILES string of the molecule is COc1ccc([N+](=O)[O-])cc1CN=C(N)Nc1cc(C)cc(C)c1. The van der Waals surface area contributed by atoms with Crippen molar-refractivity contribution in [3.63, 3.8) is 0 Å². The number of aliphatic imine (C=N–C) groups is 1. The lowest BCUT2D eigenvalue weighted by Crippen LogP contribution is -2.22. The van der Waals surface area contributed by atoms with Crippen molar-refractivity contribution in [1.82, 2.24) is 0 Å². The first kappa shape index (κ1) is 17.3. The summed E-state index contributed by atoms with van der Waals surface area (Å²) in [5, 5.41) is 13.9. The van der Waals surface area contributed by atoms with Gasteiger partial charge in [0.15, 0.2) is 5.96 Å². The van der Waals surface area contributed by atoms with Crippen LogP contribution in [0.3, 0.4) is 0 Å². The van der Waals surface area contributed by atoms with Gasteiger partial charge in [0.25, 0.3) is 5.69 Å². The van der Waals surface area contributed by atoms with Gasteiger partial charge < -0.3 is 15.8 Å². The monoisotopic (exact) mass is 328 g/mol. The summed E-state index contributed by atoms with van der Waals surface area (Å²) in [6.45, 7) is 4.17. The first-order chi connectivity index (χ1) is 11.4. The lowest BCUT2D eigenvalue weighted by molar-refractivity contribution is -0.384. The number of nitro benzene ring substituents is 1. The first-order valence-corrected chi connectivity index (χ1v) is 7.35. The van der Waals surface area contributed by atoms with E-state index in [0.29, 0.717) is 11.3 Å². The van der Waals surface area contributed by atoms with Crippen LogP contribution in [-0.2, 0) is 6.54 Å². The molecule has 0 aromatic heterocycles. The Kier molecular flexibility index (Phi) is 5.36. The molecular weight excluding hydrogens is 308 g/mol. The summed E-state index contributed by atoms with van der Waals surface area (Å²) in [5.41, 5.74) is 9.57. The molecule has 7 heteroatoms. The lowest BCUT2D eigenvalue weighted by atomic mass is 10.1. The summed E-state index contributed by atoms with van der Waals surface area (Å²) >= 11 is 0. The summed E-state index contributed by atoms with van der Waals surface area (Å²) in [7, 11) is 1.51. The number of methoxy groups -OCH3 is 1. The molecule has 3 N–H and O–H groups in total. The Hall–Kier alpha value is -3.09. The molecule has 126 valence electrons. The number of hydrogen-bond acceptors (Lipinski definition) is 4. The zero-order valence-corrected chi connectivity index (χ0v) is 13.9. The van der Waals surface area contributed by atoms with Crippen molar-refractivity contribution in [3.8, 4) is 5.75 Å². The van der Waals surface area contributed by atoms with E-state index in [1.807, 2.05) is 26.0 Å². The van der Waals surface area contributed by atoms with Gasteiger partial charge in [-0.25, -0.2) is 4.99 Å². The summed E-state index contributed by atoms with van der Waals surface area (Å²) < 4.78 is 5.21. The van der Waals surface area contributed by atoms with E-state index >= 15 is 0 Å². The number of aryl methyl sites for hydroxylation is 2. The number of nitro groups is 1. The fraction of sp³-hybridized carbons (Fsp3) is 0.235. The van der Waals surface area contributed by atoms with E-state index in [0.717, 1.165) is 16.8 Å². The second-order valence-corrected chi connectivity index (χ2v) is 5.46. The van der Waals surface area contributed by atoms with Gasteiger partial charge in [-0.2, -0.15) is 0 Å². The Morgan fingerprint density at radius 2 is 1.92 bits per heavy atom. The third kappa shape index (κ3) is 4.45. The number of nitrogens with zero attached hydrogens (tertiary/aromatic N) is 2. The third-order valence-electron chi connectivity index (χ3n) is 3.39. The molecule has 2 rings (SSSR count). The van der Waals surface area contributed by atoms with Gasteiger partial charge in [0.1, 0.15) is 5.75 Å². The topological polar surface area (TPSA) is 103 Å². The molecule has 0 bridgehead atoms. The Labute approximate surface area is 140 Å². The van der Waals surface area contributed by atoms with E-state index in [1.165, 1.54) is 19.2 Å². The van der Waals surface area contributed by atoms with Crippen LogP contribution < -0.4 is 15.8 Å². The van der Waals surface area contributed by atoms with Gasteiger partial charge in [0, 0.05) is 23.4 Å². The maximum atomic E-state index is 10.9. The van der Waals surface area contributed by atoms with Gasteiger partial charge in [-0.1, -0.05) is 6.07 Å². The number of anilines is 1. The number of ether oxygens (including phenoxy) is 1. The summed E-state index contributed by atoms with van der Waals surface area (Å²) in [4.78, 5) is 14.7. The highest BCUT2D eigenvalue weighted by Gasteiger charge is 2.11. The van der Waals surface area contributed by atoms with Crippen LogP contribution >= 0.6 is 0 Å². The predicted octanol–water partition coefficient (Wildman–Crippen LogP) is 3.15. The molecule has 0 atom stereocenters. The molecule has 24 heavy (non-hydrogen) atoms. The second-order valence-electron chi connectivity index (χ2n) is 5.46. The Balaban J connectivity index is 2.17. The number of nitrogens with one attached hydrogen (secondary N) is 1. The number of hydrogen-bond donors (Lipinski definition) is 2. The van der Waals surface area contributed by atoms with E-state index in [1.54, 1.807) is 6.07 Å². The van der Waals surface area contributed by atoms with Gasteiger partial charge in [-0.3, -0.25) is 10.1 Å². The van der Waals surface area contributed by atoms with Crippen LogP contribution in [0, 0.1) is 24.0 Å². The summed E-state index contributed by atoms with van der Waals surface area (Å²) in [6, 6.07) is 10.4. The van der Waals surface area contributed by atoms with Crippen LogP contribution in [0.2, 0.25) is 0 Å². The highest BCUT2D eigenvalue weighted by Crippen LogP contribution is 2.24. The van der Waals surface area contributed by atoms with Crippen LogP contribution in [0.5, 0.6) is 5.75 Å². The van der Waals surface area contributed by atoms with Crippen LogP contribution in [0.1, 0.15) is 16.7 Å². The third-order valence-corrected chi connectivity index (χ3v) is 3.39. The average molecular weight is 328 g/mol. The molecular formula is C17H20N4O3. The Bertz CT molecular complexity index is 767. The zero-order valence-electron chi connectivity index (χ0n) is 13.9. The first-order valence-electron chi connectivity index (χ1n) is 7.35. The maximum absolute atomic E-state index is 10.9. The van der Waals surface area contributed by atoms with Gasteiger partial charge in [-0.15, -0.1) is 0 Å². The van der Waals surface area contributed by atoms with E-state index in [4.69, 9.17) is 10.5 Å². The minimum absolute atomic E-state index is 0.0122. The van der Waals surface area contributed by atoms with E-state index < -0.39 is 4.92 Å². The number of guanidine groups is 1. The van der Waals surface area contributed by atoms with Crippen molar-refractivity contribution in [2.45, 2.75) is 20.4 Å². The molecule has 0 fully saturated rings. The van der Waals surface area contributed by atoms with E-state index in [9.17, 15) is 10.1 Å². The number of rotatable bonds is 5. The molecule has 0 heterocycles. The molecule has 0 amide bonds. The summed E-state index contributed by atoms with van der Waals surface area (Å²) in [6.07, 6.45) is 0. The minimum atomic E-state index is -0.455. The molecule has 0 radical (unpaired) electrons. The lowest BCUT2D eigenvalue weighted by Gasteiger charge is -2.09. The number of benzene rings is 2. The smallest absolute Gasteiger partial charge is 0.270 e. The van der Waals surface area contributed by atoms with Gasteiger partial charge in [0.2, 0.25) is 0 Å². The molecule has 2 aromatic carbocycles. The maximum Gasteiger partial charge on any atom is 0.270 e. The van der Waals surface area contributed by atoms with E-state index in [2.05, 4.69) is 16.4 Å². The molecule has 0 spiro atoms. The normalized spacial score (nSPS) is 11.2. The fourth-order valence-electron chi connectivity index (χ4n) is 2.41. The highest BCUT2D eigenvalue weighted by molar-refractivity contribution is 5.92. The fourth-order valence-corrected chi connectivity index (χ4v) is 2.41. The van der Waals surface area contributed by atoms with Crippen molar-refractivity contribution in [2.24, 2.45) is 10.7 Å². The van der Waals surface area contributed by atoms with Crippen molar-refractivity contribution in [1.29, 1.82) is 0 Å². The van der Waals surface area contributed by atoms with Crippen molar-refractivity contribution in [3.05, 3.63) is 63.2 Å². The zero-order chi connectivity index (χ0) is 17.7. The van der Waals surface area contributed by atoms with Crippen LogP contribution in [0.25, 0.3) is 0 Å². The second kappa shape index (κ2) is 7.45. The van der Waals surface area contributed by atoms with Gasteiger partial charge in [0.05, 0.1) is 18.6 Å². The number of non-ortho nitro benzene ring substituents is 1. The van der Waals surface area contributed by atoms with Crippen molar-refractivity contribution >= 4 is 17.3 Å². The van der Waals surface area contributed by atoms with Crippen LogP contribution in [-0.4, -0.2) is 18.0 Å². The summed E-state index contributed by atoms with van der Waals surface area (Å²) in [5.74, 6) is 0.761. The number of nitrogens with two attached hydrogens (primary N) is 1. The predicted molar refractivity (Wildman–Crippen MR) is 94.5 cm³/mol. The highest BCUT2D eigenvalue weighted by atomic mass is 16.6. The molecule has 0 saturated carbocycles. The molecule has 0 unspecified atom stereocenters. The van der Waals surface area contributed by atoms with E-state index in [-0.39, 0.29) is 18.2 Å². The quantitative estimate of drug-likeness (QED) is 0.380. The average Bonchev–Trinajstić information content (AvgIpc) is 2.51. The molecule has 0 saturated heterocycles. The van der Waals surface area contributed by atoms with Crippen molar-refractivity contribution in [2.75, 3.05) is 12.4 Å². The minimum Gasteiger partial charge on any atom is -0.496 e. The Morgan fingerprint density at radius 3 is 2.50 bits per heavy atom. The molecule has 0 aliphatic carbocycles. The Morgan fingerprint density at radius 1 is 1.25 bits per heavy atom. The molecule has 0 aliphatic rings. The largest absolute Gasteiger partial charge is 0.496 e.